The van der Waals surface area contributed by atoms with Gasteiger partial charge in [0.1, 0.15) is 19.8 Å². The molecule has 33 heteroatoms. The second kappa shape index (κ2) is 16.0. The molecule has 1 unspecified atom stereocenters. The van der Waals surface area contributed by atoms with Crippen LogP contribution in [0.15, 0.2) is 12.4 Å². The van der Waals surface area contributed by atoms with Gasteiger partial charge >= 0.3 is 83.5 Å². The predicted octanol–water partition coefficient (Wildman–Crippen LogP) is 9.75. The number of fused-ring (bicyclic) bond motifs is 1. The largest absolute Gasteiger partial charge is 0.485 e. The van der Waals surface area contributed by atoms with E-state index < -0.39 is 128 Å². The summed E-state index contributed by atoms with van der Waals surface area (Å²) < 4.78 is 366. The zero-order chi connectivity index (χ0) is 47.4. The van der Waals surface area contributed by atoms with Crippen molar-refractivity contribution in [3.63, 3.8) is 0 Å². The molecule has 0 aliphatic carbocycles. The molecule has 0 bridgehead atoms. The summed E-state index contributed by atoms with van der Waals surface area (Å²) in [7, 11) is 0. The summed E-state index contributed by atoms with van der Waals surface area (Å²) in [6.45, 7) is -3.02. The van der Waals surface area contributed by atoms with E-state index in [0.717, 1.165) is 17.0 Å². The van der Waals surface area contributed by atoms with Crippen molar-refractivity contribution < 1.29 is 143 Å². The summed E-state index contributed by atoms with van der Waals surface area (Å²) in [5.74, 6) is -83.5. The first-order chi connectivity index (χ1) is 26.4. The van der Waals surface area contributed by atoms with E-state index in [1.54, 1.807) is 0 Å². The predicted molar refractivity (Wildman–Crippen MR) is 136 cm³/mol. The summed E-state index contributed by atoms with van der Waals surface area (Å²) in [6.07, 6.45) is -27.0. The van der Waals surface area contributed by atoms with Crippen molar-refractivity contribution in [3.05, 3.63) is 12.4 Å². The maximum atomic E-state index is 14.2. The fourth-order valence-corrected chi connectivity index (χ4v) is 4.39. The second-order valence-corrected chi connectivity index (χ2v) is 12.2. The van der Waals surface area contributed by atoms with Crippen molar-refractivity contribution in [1.29, 1.82) is 0 Å². The Balaban J connectivity index is 2.28. The van der Waals surface area contributed by atoms with Gasteiger partial charge in [-0.25, -0.2) is 0 Å². The Morgan fingerprint density at radius 2 is 0.817 bits per heavy atom. The number of ether oxygens (including phenoxy) is 4. The number of nitrogens with zero attached hydrogens (tertiary/aromatic N) is 1. The third-order valence-corrected chi connectivity index (χ3v) is 7.83. The van der Waals surface area contributed by atoms with Crippen molar-refractivity contribution in [1.82, 2.24) is 4.57 Å². The number of carbonyl (C=O) groups excluding carboxylic acids is 2. The molecule has 2 rings (SSSR count). The van der Waals surface area contributed by atoms with E-state index in [1.165, 1.54) is 0 Å². The highest BCUT2D eigenvalue weighted by atomic mass is 19.4. The molecule has 0 saturated carbocycles. The van der Waals surface area contributed by atoms with E-state index in [4.69, 9.17) is 9.47 Å². The Bertz CT molecular complexity index is 1660. The number of alkyl halides is 26. The maximum absolute atomic E-state index is 14.2. The minimum absolute atomic E-state index is 0.136. The third kappa shape index (κ3) is 8.98. The maximum Gasteiger partial charge on any atom is 0.460 e. The standard InChI is InChI=1S/C27H19F26NO6/c28-16(29,18(32,33)20(36,37)22(40,41)24(44,45)26(48,49)50)3-1-14(55)59-10-11(7-54-8-12-13(9-54)58-6-5-57-12)60-15(56)2-4-17(30,31)19(34,35)21(38,39)23(42,43)25(46,47)27(51,52)53/h8-9,11H,1-7,10H2. The molecule has 1 atom stereocenters. The minimum atomic E-state index is -8.29. The Morgan fingerprint density at radius 1 is 0.500 bits per heavy atom. The highest BCUT2D eigenvalue weighted by molar-refractivity contribution is 5.70. The van der Waals surface area contributed by atoms with Crippen molar-refractivity contribution in [2.24, 2.45) is 0 Å². The van der Waals surface area contributed by atoms with Gasteiger partial charge in [0, 0.05) is 12.8 Å². The second-order valence-electron chi connectivity index (χ2n) is 12.2. The van der Waals surface area contributed by atoms with Gasteiger partial charge in [0.05, 0.1) is 31.8 Å². The zero-order valence-corrected chi connectivity index (χ0v) is 28.1. The molecule has 350 valence electrons. The SMILES string of the molecule is O=C(CCC(F)(F)C(F)(F)C(F)(F)C(F)(F)C(F)(F)C(F)(F)F)OCC(Cn1cc2c(c1)OCCO2)OC(=O)CCC(F)(F)C(F)(F)C(F)(F)C(F)(F)C(F)(F)C(F)(F)F. The van der Waals surface area contributed by atoms with Crippen LogP contribution in [0.5, 0.6) is 11.5 Å². The fourth-order valence-electron chi connectivity index (χ4n) is 4.39. The molecule has 2 heterocycles. The van der Waals surface area contributed by atoms with Crippen LogP contribution < -0.4 is 9.47 Å². The molecule has 1 aromatic heterocycles. The molecule has 7 nitrogen and oxygen atoms in total. The van der Waals surface area contributed by atoms with Crippen LogP contribution in [0.2, 0.25) is 0 Å². The van der Waals surface area contributed by atoms with Crippen LogP contribution in [0.25, 0.3) is 0 Å². The summed E-state index contributed by atoms with van der Waals surface area (Å²) in [4.78, 5) is 24.2. The Hall–Kier alpha value is -4.00. The number of esters is 2. The lowest BCUT2D eigenvalue weighted by molar-refractivity contribution is -0.440. The van der Waals surface area contributed by atoms with Crippen LogP contribution in [0, 0.1) is 0 Å². The highest BCUT2D eigenvalue weighted by Crippen LogP contribution is 2.62. The number of halogens is 26. The van der Waals surface area contributed by atoms with Crippen molar-refractivity contribution in [3.8, 4) is 11.5 Å². The summed E-state index contributed by atoms with van der Waals surface area (Å²) in [6, 6.07) is 0. The first kappa shape index (κ1) is 52.1. The van der Waals surface area contributed by atoms with E-state index >= 15 is 0 Å². The topological polar surface area (TPSA) is 76.0 Å². The molecule has 0 fully saturated rings. The van der Waals surface area contributed by atoms with Gasteiger partial charge in [-0.15, -0.1) is 0 Å². The van der Waals surface area contributed by atoms with Crippen molar-refractivity contribution in [2.45, 2.75) is 110 Å². The number of carbonyl (C=O) groups is 2. The lowest BCUT2D eigenvalue weighted by Gasteiger charge is -2.39. The van der Waals surface area contributed by atoms with Crippen LogP contribution in [0.1, 0.15) is 25.7 Å². The lowest BCUT2D eigenvalue weighted by Crippen LogP contribution is -2.70. The van der Waals surface area contributed by atoms with E-state index in [1.807, 2.05) is 0 Å². The molecule has 0 saturated heterocycles. The van der Waals surface area contributed by atoms with Crippen molar-refractivity contribution in [2.75, 3.05) is 19.8 Å². The summed E-state index contributed by atoms with van der Waals surface area (Å²) in [5, 5.41) is 0. The quantitative estimate of drug-likeness (QED) is 0.102. The zero-order valence-electron chi connectivity index (χ0n) is 28.1. The molecule has 0 N–H and O–H groups in total. The summed E-state index contributed by atoms with van der Waals surface area (Å²) in [5.41, 5.74) is 0. The first-order valence-electron chi connectivity index (χ1n) is 15.1. The minimum Gasteiger partial charge on any atom is -0.485 e. The first-order valence-corrected chi connectivity index (χ1v) is 15.1. The van der Waals surface area contributed by atoms with E-state index in [2.05, 4.69) is 9.47 Å². The molecule has 0 aromatic carbocycles. The van der Waals surface area contributed by atoms with Crippen LogP contribution in [0.3, 0.4) is 0 Å². The average molecular weight is 947 g/mol. The van der Waals surface area contributed by atoms with Gasteiger partial charge in [0.25, 0.3) is 0 Å². The van der Waals surface area contributed by atoms with Gasteiger partial charge in [-0.1, -0.05) is 0 Å². The van der Waals surface area contributed by atoms with Crippen LogP contribution >= 0.6 is 0 Å². The van der Waals surface area contributed by atoms with Crippen molar-refractivity contribution >= 4 is 11.9 Å². The van der Waals surface area contributed by atoms with E-state index in [-0.39, 0.29) is 24.7 Å². The molecular weight excluding hydrogens is 928 g/mol. The molecular formula is C27H19F26NO6. The molecule has 1 aliphatic heterocycles. The van der Waals surface area contributed by atoms with Gasteiger partial charge in [0.15, 0.2) is 17.6 Å². The molecule has 1 aliphatic rings. The van der Waals surface area contributed by atoms with Gasteiger partial charge in [0.2, 0.25) is 0 Å². The average Bonchev–Trinajstić information content (AvgIpc) is 3.49. The van der Waals surface area contributed by atoms with Gasteiger partial charge in [-0.2, -0.15) is 114 Å². The number of aromatic nitrogens is 1. The highest BCUT2D eigenvalue weighted by Gasteiger charge is 2.92. The number of rotatable bonds is 19. The Kier molecular flexibility index (Phi) is 13.9. The smallest absolute Gasteiger partial charge is 0.460 e. The fraction of sp³-hybridized carbons (Fsp3) is 0.778. The summed E-state index contributed by atoms with van der Waals surface area (Å²) >= 11 is 0. The van der Waals surface area contributed by atoms with E-state index in [9.17, 15) is 124 Å². The molecule has 0 spiro atoms. The van der Waals surface area contributed by atoms with Crippen LogP contribution in [-0.2, 0) is 25.6 Å². The van der Waals surface area contributed by atoms with Crippen LogP contribution in [-0.4, -0.2) is 114 Å². The van der Waals surface area contributed by atoms with Gasteiger partial charge in [-0.05, 0) is 0 Å². The Morgan fingerprint density at radius 3 is 1.15 bits per heavy atom. The Labute approximate surface area is 313 Å². The number of hydrogen-bond acceptors (Lipinski definition) is 6. The normalized spacial score (nSPS) is 16.4. The van der Waals surface area contributed by atoms with E-state index in [0.29, 0.717) is 0 Å². The lowest BCUT2D eigenvalue weighted by atomic mass is 9.92. The molecule has 0 amide bonds. The molecule has 60 heavy (non-hydrogen) atoms. The van der Waals surface area contributed by atoms with Gasteiger partial charge < -0.3 is 23.5 Å². The molecule has 0 radical (unpaired) electrons. The van der Waals surface area contributed by atoms with Crippen LogP contribution in [0.4, 0.5) is 114 Å². The number of hydrogen-bond donors (Lipinski definition) is 0. The van der Waals surface area contributed by atoms with Gasteiger partial charge in [-0.3, -0.25) is 9.59 Å². The third-order valence-electron chi connectivity index (χ3n) is 7.83. The monoisotopic (exact) mass is 947 g/mol. The molecule has 1 aromatic rings.